The van der Waals surface area contributed by atoms with Crippen molar-refractivity contribution < 1.29 is 18.3 Å². The molecule has 0 bridgehead atoms. The quantitative estimate of drug-likeness (QED) is 0.706. The van der Waals surface area contributed by atoms with Crippen molar-refractivity contribution in [3.63, 3.8) is 0 Å². The predicted molar refractivity (Wildman–Crippen MR) is 105 cm³/mol. The minimum Gasteiger partial charge on any atom is -0.433 e. The van der Waals surface area contributed by atoms with Crippen LogP contribution in [0.3, 0.4) is 0 Å². The summed E-state index contributed by atoms with van der Waals surface area (Å²) in [6.07, 6.45) is 0. The third-order valence-corrected chi connectivity index (χ3v) is 6.32. The summed E-state index contributed by atoms with van der Waals surface area (Å²) in [6, 6.07) is 13.9. The van der Waals surface area contributed by atoms with E-state index in [1.165, 1.54) is 11.0 Å². The monoisotopic (exact) mass is 406 g/mol. The number of hydrogen-bond donors (Lipinski definition) is 0. The van der Waals surface area contributed by atoms with Gasteiger partial charge in [0.2, 0.25) is 0 Å². The van der Waals surface area contributed by atoms with E-state index in [0.29, 0.717) is 10.9 Å². The summed E-state index contributed by atoms with van der Waals surface area (Å²) < 4.78 is 30.1. The molecule has 8 heteroatoms. The first-order chi connectivity index (χ1) is 13.0. The van der Waals surface area contributed by atoms with Gasteiger partial charge in [0.1, 0.15) is 17.2 Å². The van der Waals surface area contributed by atoms with Crippen molar-refractivity contribution in [3.8, 4) is 5.75 Å². The Hall–Kier alpha value is -2.19. The lowest BCUT2D eigenvalue weighted by atomic mass is 10.1. The molecule has 0 N–H and O–H groups in total. The normalized spacial score (nSPS) is 21.9. The lowest BCUT2D eigenvalue weighted by molar-refractivity contribution is -0.119. The van der Waals surface area contributed by atoms with Gasteiger partial charge in [0.25, 0.3) is 5.91 Å². The van der Waals surface area contributed by atoms with E-state index in [4.69, 9.17) is 12.2 Å². The molecule has 0 saturated carbocycles. The summed E-state index contributed by atoms with van der Waals surface area (Å²) in [5.74, 6) is 0.308. The molecular formula is C19H16F2N2O2S2. The Balaban J connectivity index is 1.68. The Morgan fingerprint density at radius 1 is 1.19 bits per heavy atom. The number of hydrogen-bond acceptors (Lipinski definition) is 4. The molecule has 2 heterocycles. The third kappa shape index (κ3) is 3.17. The first-order valence-corrected chi connectivity index (χ1v) is 9.81. The third-order valence-electron chi connectivity index (χ3n) is 4.60. The van der Waals surface area contributed by atoms with E-state index in [1.807, 2.05) is 36.1 Å². The summed E-state index contributed by atoms with van der Waals surface area (Å²) in [7, 11) is 0. The van der Waals surface area contributed by atoms with Gasteiger partial charge in [-0.05, 0) is 36.8 Å². The Morgan fingerprint density at radius 2 is 1.89 bits per heavy atom. The summed E-state index contributed by atoms with van der Waals surface area (Å²) in [5, 5.41) is 0.228. The maximum atomic E-state index is 13.0. The molecule has 0 unspecified atom stereocenters. The zero-order valence-corrected chi connectivity index (χ0v) is 16.0. The first kappa shape index (κ1) is 18.2. The highest BCUT2D eigenvalue weighted by Crippen LogP contribution is 2.47. The lowest BCUT2D eigenvalue weighted by Crippen LogP contribution is -2.34. The second-order valence-electron chi connectivity index (χ2n) is 6.32. The van der Waals surface area contributed by atoms with Crippen LogP contribution in [-0.2, 0) is 4.79 Å². The molecule has 0 radical (unpaired) electrons. The molecule has 27 heavy (non-hydrogen) atoms. The van der Waals surface area contributed by atoms with Gasteiger partial charge >= 0.3 is 6.61 Å². The maximum absolute atomic E-state index is 13.0. The number of halogens is 2. The fourth-order valence-electron chi connectivity index (χ4n) is 3.34. The van der Waals surface area contributed by atoms with Crippen molar-refractivity contribution in [2.75, 3.05) is 10.7 Å². The molecular weight excluding hydrogens is 390 g/mol. The number of rotatable bonds is 4. The SMILES string of the molecule is Cc1ccc([C@H]2SC[C@@H]3C(=O)N(c4ccccc4OC(F)F)C(=S)N32)cc1. The van der Waals surface area contributed by atoms with E-state index in [1.54, 1.807) is 30.0 Å². The van der Waals surface area contributed by atoms with Crippen LogP contribution in [0.5, 0.6) is 5.75 Å². The van der Waals surface area contributed by atoms with Crippen molar-refractivity contribution in [1.82, 2.24) is 4.90 Å². The van der Waals surface area contributed by atoms with Crippen LogP contribution < -0.4 is 9.64 Å². The number of nitrogens with zero attached hydrogens (tertiary/aromatic N) is 2. The van der Waals surface area contributed by atoms with Gasteiger partial charge in [-0.3, -0.25) is 9.69 Å². The maximum Gasteiger partial charge on any atom is 0.387 e. The number of benzene rings is 2. The van der Waals surface area contributed by atoms with Crippen LogP contribution in [0.4, 0.5) is 14.5 Å². The molecule has 2 aromatic carbocycles. The molecule has 2 aromatic rings. The smallest absolute Gasteiger partial charge is 0.387 e. The number of amides is 1. The van der Waals surface area contributed by atoms with Crippen LogP contribution in [0.25, 0.3) is 0 Å². The van der Waals surface area contributed by atoms with Gasteiger partial charge in [0, 0.05) is 5.75 Å². The number of carbonyl (C=O) groups is 1. The fourth-order valence-corrected chi connectivity index (χ4v) is 5.25. The lowest BCUT2D eigenvalue weighted by Gasteiger charge is -2.26. The molecule has 140 valence electrons. The molecule has 2 aliphatic heterocycles. The summed E-state index contributed by atoms with van der Waals surface area (Å²) >= 11 is 7.24. The number of thiocarbonyl (C=S) groups is 1. The summed E-state index contributed by atoms with van der Waals surface area (Å²) in [4.78, 5) is 16.2. The number of ether oxygens (including phenoxy) is 1. The van der Waals surface area contributed by atoms with Crippen molar-refractivity contribution in [1.29, 1.82) is 0 Å². The predicted octanol–water partition coefficient (Wildman–Crippen LogP) is 4.34. The number of thioether (sulfide) groups is 1. The van der Waals surface area contributed by atoms with Gasteiger partial charge in [0.05, 0.1) is 5.69 Å². The van der Waals surface area contributed by atoms with Crippen LogP contribution in [0.15, 0.2) is 48.5 Å². The molecule has 4 nitrogen and oxygen atoms in total. The molecule has 2 aliphatic rings. The topological polar surface area (TPSA) is 32.8 Å². The highest BCUT2D eigenvalue weighted by molar-refractivity contribution is 7.99. The van der Waals surface area contributed by atoms with Crippen LogP contribution in [-0.4, -0.2) is 34.3 Å². The zero-order valence-electron chi connectivity index (χ0n) is 14.3. The average molecular weight is 406 g/mol. The van der Waals surface area contributed by atoms with Gasteiger partial charge in [-0.15, -0.1) is 11.8 Å². The highest BCUT2D eigenvalue weighted by atomic mass is 32.2. The van der Waals surface area contributed by atoms with E-state index < -0.39 is 12.7 Å². The number of aryl methyl sites for hydroxylation is 1. The largest absolute Gasteiger partial charge is 0.433 e. The van der Waals surface area contributed by atoms with Crippen LogP contribution in [0.2, 0.25) is 0 Å². The minimum atomic E-state index is -2.98. The first-order valence-electron chi connectivity index (χ1n) is 8.35. The van der Waals surface area contributed by atoms with E-state index in [-0.39, 0.29) is 22.7 Å². The van der Waals surface area contributed by atoms with Gasteiger partial charge < -0.3 is 9.64 Å². The van der Waals surface area contributed by atoms with Crippen molar-refractivity contribution >= 4 is 40.7 Å². The standard InChI is InChI=1S/C19H16F2N2O2S2/c1-11-6-8-12(9-7-11)17-23-14(10-27-17)16(24)22(19(23)26)13-4-2-3-5-15(13)25-18(20)21/h2-9,14,17-18H,10H2,1H3/t14-,17-/m1/s1. The Labute approximate surface area is 165 Å². The van der Waals surface area contributed by atoms with Crippen LogP contribution >= 0.6 is 24.0 Å². The second kappa shape index (κ2) is 7.09. The highest BCUT2D eigenvalue weighted by Gasteiger charge is 2.51. The van der Waals surface area contributed by atoms with Gasteiger partial charge in [-0.1, -0.05) is 42.0 Å². The number of carbonyl (C=O) groups excluding carboxylic acids is 1. The second-order valence-corrected chi connectivity index (χ2v) is 7.80. The van der Waals surface area contributed by atoms with Crippen LogP contribution in [0, 0.1) is 6.92 Å². The van der Waals surface area contributed by atoms with Gasteiger partial charge in [-0.2, -0.15) is 8.78 Å². The number of alkyl halides is 2. The average Bonchev–Trinajstić information content (AvgIpc) is 3.17. The summed E-state index contributed by atoms with van der Waals surface area (Å²) in [5.41, 5.74) is 2.45. The summed E-state index contributed by atoms with van der Waals surface area (Å²) in [6.45, 7) is -0.965. The molecule has 4 rings (SSSR count). The molecule has 0 aliphatic carbocycles. The van der Waals surface area contributed by atoms with Crippen molar-refractivity contribution in [2.45, 2.75) is 25.0 Å². The fraction of sp³-hybridized carbons (Fsp3) is 0.263. The van der Waals surface area contributed by atoms with Gasteiger partial charge in [0.15, 0.2) is 5.11 Å². The Bertz CT molecular complexity index is 892. The van der Waals surface area contributed by atoms with E-state index in [0.717, 1.165) is 11.1 Å². The molecule has 2 fully saturated rings. The van der Waals surface area contributed by atoms with Crippen molar-refractivity contribution in [2.24, 2.45) is 0 Å². The van der Waals surface area contributed by atoms with Crippen LogP contribution in [0.1, 0.15) is 16.5 Å². The van der Waals surface area contributed by atoms with Gasteiger partial charge in [-0.25, -0.2) is 0 Å². The van der Waals surface area contributed by atoms with E-state index in [9.17, 15) is 13.6 Å². The number of para-hydroxylation sites is 2. The Morgan fingerprint density at radius 3 is 2.59 bits per heavy atom. The number of fused-ring (bicyclic) bond motifs is 1. The van der Waals surface area contributed by atoms with E-state index in [2.05, 4.69) is 4.74 Å². The molecule has 1 amide bonds. The van der Waals surface area contributed by atoms with Crippen molar-refractivity contribution in [3.05, 3.63) is 59.7 Å². The molecule has 0 spiro atoms. The molecule has 2 atom stereocenters. The van der Waals surface area contributed by atoms with E-state index >= 15 is 0 Å². The Kier molecular flexibility index (Phi) is 4.77. The zero-order chi connectivity index (χ0) is 19.1. The molecule has 0 aromatic heterocycles. The molecule has 2 saturated heterocycles. The minimum absolute atomic E-state index is 0.0658. The number of anilines is 1.